The molecular formula is C6H10N2OS. The van der Waals surface area contributed by atoms with Crippen LogP contribution in [0.3, 0.4) is 0 Å². The minimum Gasteiger partial charge on any atom is -0.374 e. The van der Waals surface area contributed by atoms with Crippen LogP contribution < -0.4 is 10.2 Å². The summed E-state index contributed by atoms with van der Waals surface area (Å²) in [6, 6.07) is 0. The number of nitrogens with one attached hydrogen (secondary N) is 2. The van der Waals surface area contributed by atoms with Gasteiger partial charge < -0.3 is 5.32 Å². The number of H-pyrrole nitrogens is 1. The highest BCUT2D eigenvalue weighted by Gasteiger charge is 2.01. The lowest BCUT2D eigenvalue weighted by atomic mass is 10.4. The Bertz CT molecular complexity index is 238. The minimum absolute atomic E-state index is 0.0150. The Morgan fingerprint density at radius 1 is 1.70 bits per heavy atom. The molecule has 1 rings (SSSR count). The first kappa shape index (κ1) is 7.34. The van der Waals surface area contributed by atoms with Crippen LogP contribution in [0.1, 0.15) is 11.8 Å². The molecule has 0 spiro atoms. The summed E-state index contributed by atoms with van der Waals surface area (Å²) in [5.74, 6) is 0.859. The Balaban J connectivity index is 3.08. The standard InChI is InChI=1S/C6H10N2OS/c1-3-4-5(7-2)8-6(9)10-4/h7H,3H2,1-2H3,(H,8,9). The normalized spacial score (nSPS) is 9.80. The molecule has 1 heterocycles. The summed E-state index contributed by atoms with van der Waals surface area (Å²) in [4.78, 5) is 14.6. The van der Waals surface area contributed by atoms with Crippen LogP contribution in [0.4, 0.5) is 5.82 Å². The third kappa shape index (κ3) is 1.21. The number of aromatic amines is 1. The number of aromatic nitrogens is 1. The van der Waals surface area contributed by atoms with E-state index in [4.69, 9.17) is 0 Å². The first-order chi connectivity index (χ1) is 4.77. The van der Waals surface area contributed by atoms with E-state index in [-0.39, 0.29) is 4.87 Å². The van der Waals surface area contributed by atoms with Gasteiger partial charge in [-0.25, -0.2) is 0 Å². The maximum absolute atomic E-state index is 10.8. The molecule has 1 aromatic rings. The minimum atomic E-state index is 0.0150. The van der Waals surface area contributed by atoms with E-state index in [1.54, 1.807) is 7.05 Å². The summed E-state index contributed by atoms with van der Waals surface area (Å²) in [5, 5.41) is 2.92. The molecule has 0 aromatic carbocycles. The van der Waals surface area contributed by atoms with Crippen molar-refractivity contribution in [2.24, 2.45) is 0 Å². The summed E-state index contributed by atoms with van der Waals surface area (Å²) in [6.45, 7) is 2.03. The van der Waals surface area contributed by atoms with Crippen molar-refractivity contribution in [3.8, 4) is 0 Å². The Morgan fingerprint density at radius 3 is 2.80 bits per heavy atom. The molecule has 0 saturated carbocycles. The van der Waals surface area contributed by atoms with E-state index in [1.165, 1.54) is 11.3 Å². The smallest absolute Gasteiger partial charge is 0.306 e. The lowest BCUT2D eigenvalue weighted by Crippen LogP contribution is -1.96. The molecule has 56 valence electrons. The first-order valence-corrected chi connectivity index (χ1v) is 3.99. The molecule has 0 amide bonds. The molecule has 10 heavy (non-hydrogen) atoms. The van der Waals surface area contributed by atoms with Gasteiger partial charge in [-0.3, -0.25) is 9.78 Å². The lowest BCUT2D eigenvalue weighted by molar-refractivity contribution is 1.16. The Kier molecular flexibility index (Phi) is 2.11. The van der Waals surface area contributed by atoms with Crippen LogP contribution in [0.15, 0.2) is 4.79 Å². The predicted molar refractivity (Wildman–Crippen MR) is 43.9 cm³/mol. The van der Waals surface area contributed by atoms with Crippen molar-refractivity contribution < 1.29 is 0 Å². The molecule has 0 bridgehead atoms. The maximum atomic E-state index is 10.8. The monoisotopic (exact) mass is 158 g/mol. The molecule has 0 atom stereocenters. The molecule has 3 nitrogen and oxygen atoms in total. The van der Waals surface area contributed by atoms with Gasteiger partial charge in [0.1, 0.15) is 5.82 Å². The van der Waals surface area contributed by atoms with Gasteiger partial charge in [-0.1, -0.05) is 18.3 Å². The average molecular weight is 158 g/mol. The second-order valence-corrected chi connectivity index (χ2v) is 2.98. The molecule has 0 aliphatic rings. The number of hydrogen-bond donors (Lipinski definition) is 2. The van der Waals surface area contributed by atoms with Crippen molar-refractivity contribution in [3.63, 3.8) is 0 Å². The Morgan fingerprint density at radius 2 is 2.40 bits per heavy atom. The topological polar surface area (TPSA) is 44.9 Å². The Labute approximate surface area is 63.1 Å². The highest BCUT2D eigenvalue weighted by Crippen LogP contribution is 2.13. The van der Waals surface area contributed by atoms with Crippen molar-refractivity contribution >= 4 is 17.2 Å². The molecular weight excluding hydrogens is 148 g/mol. The summed E-state index contributed by atoms with van der Waals surface area (Å²) in [7, 11) is 1.80. The van der Waals surface area contributed by atoms with E-state index >= 15 is 0 Å². The van der Waals surface area contributed by atoms with Crippen molar-refractivity contribution in [1.82, 2.24) is 4.98 Å². The fraction of sp³-hybridized carbons (Fsp3) is 0.500. The molecule has 0 aliphatic carbocycles. The Hall–Kier alpha value is -0.770. The van der Waals surface area contributed by atoms with Crippen LogP contribution in [0.25, 0.3) is 0 Å². The average Bonchev–Trinajstić information content (AvgIpc) is 2.30. The summed E-state index contributed by atoms with van der Waals surface area (Å²) in [6.07, 6.45) is 0.902. The highest BCUT2D eigenvalue weighted by molar-refractivity contribution is 7.09. The van der Waals surface area contributed by atoms with Gasteiger partial charge in [0.15, 0.2) is 0 Å². The summed E-state index contributed by atoms with van der Waals surface area (Å²) >= 11 is 1.27. The lowest BCUT2D eigenvalue weighted by Gasteiger charge is -1.95. The van der Waals surface area contributed by atoms with Crippen molar-refractivity contribution in [2.45, 2.75) is 13.3 Å². The van der Waals surface area contributed by atoms with Gasteiger partial charge >= 0.3 is 4.87 Å². The van der Waals surface area contributed by atoms with Gasteiger partial charge in [0.05, 0.1) is 0 Å². The van der Waals surface area contributed by atoms with E-state index in [0.717, 1.165) is 17.1 Å². The van der Waals surface area contributed by atoms with Gasteiger partial charge in [-0.15, -0.1) is 0 Å². The zero-order valence-electron chi connectivity index (χ0n) is 6.02. The number of anilines is 1. The SMILES string of the molecule is CCc1sc(=O)[nH]c1NC. The van der Waals surface area contributed by atoms with Gasteiger partial charge in [0, 0.05) is 11.9 Å². The van der Waals surface area contributed by atoms with Crippen LogP contribution in [-0.4, -0.2) is 12.0 Å². The third-order valence-corrected chi connectivity index (χ3v) is 2.32. The molecule has 0 aliphatic heterocycles. The first-order valence-electron chi connectivity index (χ1n) is 3.17. The predicted octanol–water partition coefficient (Wildman–Crippen LogP) is 1.04. The van der Waals surface area contributed by atoms with Gasteiger partial charge in [-0.2, -0.15) is 0 Å². The van der Waals surface area contributed by atoms with Crippen molar-refractivity contribution in [3.05, 3.63) is 14.5 Å². The molecule has 0 unspecified atom stereocenters. The molecule has 2 N–H and O–H groups in total. The number of rotatable bonds is 2. The highest BCUT2D eigenvalue weighted by atomic mass is 32.1. The zero-order chi connectivity index (χ0) is 7.56. The summed E-state index contributed by atoms with van der Waals surface area (Å²) < 4.78 is 0. The second-order valence-electron chi connectivity index (χ2n) is 1.92. The van der Waals surface area contributed by atoms with E-state index in [9.17, 15) is 4.79 Å². The van der Waals surface area contributed by atoms with Crippen LogP contribution in [-0.2, 0) is 6.42 Å². The molecule has 4 heteroatoms. The van der Waals surface area contributed by atoms with Gasteiger partial charge in [0.2, 0.25) is 0 Å². The largest absolute Gasteiger partial charge is 0.374 e. The van der Waals surface area contributed by atoms with Crippen LogP contribution in [0, 0.1) is 0 Å². The van der Waals surface area contributed by atoms with E-state index < -0.39 is 0 Å². The second kappa shape index (κ2) is 2.88. The number of hydrogen-bond acceptors (Lipinski definition) is 3. The molecule has 0 fully saturated rings. The summed E-state index contributed by atoms with van der Waals surface area (Å²) in [5.41, 5.74) is 0. The van der Waals surface area contributed by atoms with Crippen LogP contribution >= 0.6 is 11.3 Å². The van der Waals surface area contributed by atoms with Crippen molar-refractivity contribution in [1.29, 1.82) is 0 Å². The van der Waals surface area contributed by atoms with E-state index in [2.05, 4.69) is 10.3 Å². The fourth-order valence-corrected chi connectivity index (χ4v) is 1.59. The van der Waals surface area contributed by atoms with Crippen molar-refractivity contribution in [2.75, 3.05) is 12.4 Å². The van der Waals surface area contributed by atoms with Gasteiger partial charge in [-0.05, 0) is 6.42 Å². The molecule has 1 aromatic heterocycles. The van der Waals surface area contributed by atoms with E-state index in [0.29, 0.717) is 0 Å². The van der Waals surface area contributed by atoms with E-state index in [1.807, 2.05) is 6.92 Å². The zero-order valence-corrected chi connectivity index (χ0v) is 6.84. The molecule has 0 saturated heterocycles. The third-order valence-electron chi connectivity index (χ3n) is 1.29. The number of aryl methyl sites for hydroxylation is 1. The quantitative estimate of drug-likeness (QED) is 0.675. The maximum Gasteiger partial charge on any atom is 0.306 e. The fourth-order valence-electron chi connectivity index (χ4n) is 0.811. The van der Waals surface area contributed by atoms with Crippen LogP contribution in [0.5, 0.6) is 0 Å². The van der Waals surface area contributed by atoms with Gasteiger partial charge in [0.25, 0.3) is 0 Å². The molecule has 0 radical (unpaired) electrons. The van der Waals surface area contributed by atoms with Crippen LogP contribution in [0.2, 0.25) is 0 Å². The number of thiazole rings is 1.